The zero-order valence-electron chi connectivity index (χ0n) is 28.3. The third-order valence-corrected chi connectivity index (χ3v) is 9.97. The SMILES string of the molecule is CCc1c(F)ccc2cc(OCOC)cc(-c3ncc4c(CC5(O)CCCNC5)nc(OC[C@]5(C)CN(C)CC[C@@H]5C(F)F)nc4c3F)c12. The van der Waals surface area contributed by atoms with Crippen LogP contribution in [0.3, 0.4) is 0 Å². The third-order valence-electron chi connectivity index (χ3n) is 9.97. The van der Waals surface area contributed by atoms with Crippen LogP contribution < -0.4 is 14.8 Å². The highest BCUT2D eigenvalue weighted by atomic mass is 19.3. The molecule has 2 aliphatic heterocycles. The summed E-state index contributed by atoms with van der Waals surface area (Å²) in [5, 5.41) is 16.0. The van der Waals surface area contributed by atoms with Crippen LogP contribution in [0, 0.1) is 23.0 Å². The monoisotopic (exact) mass is 685 g/mol. The van der Waals surface area contributed by atoms with Crippen molar-refractivity contribution in [2.75, 3.05) is 53.7 Å². The molecule has 6 rings (SSSR count). The van der Waals surface area contributed by atoms with E-state index in [1.807, 2.05) is 18.9 Å². The quantitative estimate of drug-likeness (QED) is 0.147. The average Bonchev–Trinajstić information content (AvgIpc) is 3.06. The van der Waals surface area contributed by atoms with Crippen LogP contribution in [0.15, 0.2) is 30.5 Å². The molecule has 2 N–H and O–H groups in total. The number of hydrogen-bond donors (Lipinski definition) is 2. The number of benzene rings is 2. The first kappa shape index (κ1) is 35.2. The van der Waals surface area contributed by atoms with Gasteiger partial charge in [0.25, 0.3) is 0 Å². The molecule has 2 aliphatic rings. The molecule has 0 saturated carbocycles. The predicted octanol–water partition coefficient (Wildman–Crippen LogP) is 5.93. The molecule has 0 aliphatic carbocycles. The summed E-state index contributed by atoms with van der Waals surface area (Å²) < 4.78 is 77.3. The van der Waals surface area contributed by atoms with Gasteiger partial charge in [0.2, 0.25) is 6.43 Å². The van der Waals surface area contributed by atoms with E-state index in [1.54, 1.807) is 25.1 Å². The van der Waals surface area contributed by atoms with Crippen LogP contribution in [0.4, 0.5) is 17.6 Å². The molecule has 0 amide bonds. The molecule has 0 radical (unpaired) electrons. The average molecular weight is 686 g/mol. The lowest BCUT2D eigenvalue weighted by Gasteiger charge is -2.44. The number of pyridine rings is 1. The van der Waals surface area contributed by atoms with Gasteiger partial charge in [0.05, 0.1) is 17.9 Å². The summed E-state index contributed by atoms with van der Waals surface area (Å²) in [6.45, 7) is 5.40. The summed E-state index contributed by atoms with van der Waals surface area (Å²) in [5.41, 5.74) is -1.27. The summed E-state index contributed by atoms with van der Waals surface area (Å²) in [6, 6.07) is 6.11. The minimum Gasteiger partial charge on any atom is -0.468 e. The fourth-order valence-corrected chi connectivity index (χ4v) is 7.46. The van der Waals surface area contributed by atoms with E-state index in [0.29, 0.717) is 72.2 Å². The molecule has 4 aromatic rings. The van der Waals surface area contributed by atoms with Gasteiger partial charge in [-0.2, -0.15) is 9.97 Å². The zero-order chi connectivity index (χ0) is 34.9. The van der Waals surface area contributed by atoms with Crippen LogP contribution in [-0.2, 0) is 17.6 Å². The molecule has 2 aromatic heterocycles. The second-order valence-corrected chi connectivity index (χ2v) is 13.7. The van der Waals surface area contributed by atoms with Crippen molar-refractivity contribution in [1.29, 1.82) is 0 Å². The maximum atomic E-state index is 17.0. The van der Waals surface area contributed by atoms with E-state index in [2.05, 4.69) is 20.3 Å². The number of alkyl halides is 2. The summed E-state index contributed by atoms with van der Waals surface area (Å²) in [7, 11) is 3.36. The predicted molar refractivity (Wildman–Crippen MR) is 178 cm³/mol. The van der Waals surface area contributed by atoms with Crippen LogP contribution in [0.1, 0.15) is 44.4 Å². The first-order valence-electron chi connectivity index (χ1n) is 16.7. The number of hydrogen-bond acceptors (Lipinski definition) is 9. The number of nitrogens with one attached hydrogen (secondary N) is 1. The Labute approximate surface area is 283 Å². The zero-order valence-corrected chi connectivity index (χ0v) is 28.3. The lowest BCUT2D eigenvalue weighted by atomic mass is 9.73. The van der Waals surface area contributed by atoms with Gasteiger partial charge in [0, 0.05) is 55.1 Å². The lowest BCUT2D eigenvalue weighted by Crippen LogP contribution is -2.51. The molecule has 0 bridgehead atoms. The second kappa shape index (κ2) is 14.3. The molecule has 0 spiro atoms. The van der Waals surface area contributed by atoms with Crippen molar-refractivity contribution >= 4 is 21.7 Å². The molecule has 2 fully saturated rings. The van der Waals surface area contributed by atoms with Gasteiger partial charge in [-0.25, -0.2) is 17.6 Å². The molecule has 4 heterocycles. The highest BCUT2D eigenvalue weighted by molar-refractivity contribution is 6.01. The van der Waals surface area contributed by atoms with Crippen LogP contribution in [0.2, 0.25) is 0 Å². The molecule has 2 aromatic carbocycles. The number of nitrogens with zero attached hydrogens (tertiary/aromatic N) is 4. The number of piperidine rings is 2. The number of ether oxygens (including phenoxy) is 3. The standard InChI is InChI=1S/C36H43F4N5O4/c1-5-23-27(37)8-7-21-13-22(49-20-47-4)14-24(29(21)23)31-30(38)32-25(16-42-31)28(15-36(46)10-6-11-41-17-36)43-34(44-32)48-19-35(2)18-45(3)12-9-26(35)33(39)40/h7-8,13-14,16,26,33,41,46H,5-6,9-12,15,17-20H2,1-4H3/t26-,35+,36?/m1/s1. The van der Waals surface area contributed by atoms with Crippen LogP contribution in [0.25, 0.3) is 32.9 Å². The molecular formula is C36H43F4N5O4. The highest BCUT2D eigenvalue weighted by Gasteiger charge is 2.44. The van der Waals surface area contributed by atoms with Crippen molar-refractivity contribution in [3.8, 4) is 23.0 Å². The van der Waals surface area contributed by atoms with Gasteiger partial charge in [-0.15, -0.1) is 0 Å². The Bertz CT molecular complexity index is 1820. The minimum atomic E-state index is -2.54. The molecule has 13 heteroatoms. The minimum absolute atomic E-state index is 0.0589. The Balaban J connectivity index is 1.50. The number of aliphatic hydroxyl groups is 1. The maximum absolute atomic E-state index is 17.0. The van der Waals surface area contributed by atoms with Crippen LogP contribution in [-0.4, -0.2) is 90.7 Å². The number of likely N-dealkylation sites (tertiary alicyclic amines) is 1. The van der Waals surface area contributed by atoms with Crippen molar-refractivity contribution in [2.24, 2.45) is 11.3 Å². The highest BCUT2D eigenvalue weighted by Crippen LogP contribution is 2.41. The number of fused-ring (bicyclic) bond motifs is 2. The number of methoxy groups -OCH3 is 1. The maximum Gasteiger partial charge on any atom is 0.317 e. The summed E-state index contributed by atoms with van der Waals surface area (Å²) in [5.74, 6) is -1.76. The molecule has 1 unspecified atom stereocenters. The smallest absolute Gasteiger partial charge is 0.317 e. The van der Waals surface area contributed by atoms with E-state index in [-0.39, 0.29) is 42.4 Å². The number of rotatable bonds is 11. The van der Waals surface area contributed by atoms with Crippen molar-refractivity contribution in [3.05, 3.63) is 53.4 Å². The number of β-amino-alcohol motifs (C(OH)–C–C–N with tert-alkyl or cyclic N) is 1. The molecule has 3 atom stereocenters. The van der Waals surface area contributed by atoms with Gasteiger partial charge >= 0.3 is 6.01 Å². The molecular weight excluding hydrogens is 642 g/mol. The normalized spacial score (nSPS) is 23.4. The van der Waals surface area contributed by atoms with Crippen molar-refractivity contribution in [3.63, 3.8) is 0 Å². The van der Waals surface area contributed by atoms with E-state index < -0.39 is 35.0 Å². The van der Waals surface area contributed by atoms with E-state index in [0.717, 1.165) is 13.0 Å². The fourth-order valence-electron chi connectivity index (χ4n) is 7.46. The van der Waals surface area contributed by atoms with E-state index in [1.165, 1.54) is 19.4 Å². The van der Waals surface area contributed by atoms with E-state index in [9.17, 15) is 13.9 Å². The summed E-state index contributed by atoms with van der Waals surface area (Å²) >= 11 is 0. The Morgan fingerprint density at radius 1 is 1.16 bits per heavy atom. The summed E-state index contributed by atoms with van der Waals surface area (Å²) in [4.78, 5) is 15.6. The lowest BCUT2D eigenvalue weighted by molar-refractivity contribution is -0.0679. The molecule has 9 nitrogen and oxygen atoms in total. The molecule has 2 saturated heterocycles. The second-order valence-electron chi connectivity index (χ2n) is 13.7. The fraction of sp³-hybridized carbons (Fsp3) is 0.528. The number of aryl methyl sites for hydroxylation is 1. The van der Waals surface area contributed by atoms with Crippen molar-refractivity contribution in [1.82, 2.24) is 25.2 Å². The first-order chi connectivity index (χ1) is 23.4. The third kappa shape index (κ3) is 7.17. The first-order valence-corrected chi connectivity index (χ1v) is 16.7. The Kier molecular flexibility index (Phi) is 10.3. The Hall–Kier alpha value is -3.65. The summed E-state index contributed by atoms with van der Waals surface area (Å²) in [6.07, 6.45) is 0.871. The van der Waals surface area contributed by atoms with Crippen molar-refractivity contribution < 1.29 is 36.9 Å². The molecule has 49 heavy (non-hydrogen) atoms. The van der Waals surface area contributed by atoms with Gasteiger partial charge in [-0.3, -0.25) is 4.98 Å². The Morgan fingerprint density at radius 2 is 1.98 bits per heavy atom. The topological polar surface area (TPSA) is 102 Å². The molecule has 264 valence electrons. The van der Waals surface area contributed by atoms with E-state index >= 15 is 8.78 Å². The van der Waals surface area contributed by atoms with Gasteiger partial charge in [-0.05, 0) is 80.4 Å². The largest absolute Gasteiger partial charge is 0.468 e. The van der Waals surface area contributed by atoms with E-state index in [4.69, 9.17) is 14.2 Å². The van der Waals surface area contributed by atoms with Gasteiger partial charge in [-0.1, -0.05) is 19.9 Å². The van der Waals surface area contributed by atoms with Gasteiger partial charge in [0.15, 0.2) is 12.6 Å². The van der Waals surface area contributed by atoms with Gasteiger partial charge in [0.1, 0.15) is 22.8 Å². The number of aromatic nitrogens is 3. The van der Waals surface area contributed by atoms with Crippen LogP contribution in [0.5, 0.6) is 11.8 Å². The van der Waals surface area contributed by atoms with Crippen molar-refractivity contribution in [2.45, 2.75) is 58.0 Å². The Morgan fingerprint density at radius 3 is 2.69 bits per heavy atom. The van der Waals surface area contributed by atoms with Crippen LogP contribution >= 0.6 is 0 Å². The van der Waals surface area contributed by atoms with Gasteiger partial charge < -0.3 is 29.5 Å². The number of halogens is 4.